The third-order valence-electron chi connectivity index (χ3n) is 10.00. The predicted molar refractivity (Wildman–Crippen MR) is 256 cm³/mol. The van der Waals surface area contributed by atoms with Crippen molar-refractivity contribution in [3.8, 4) is 34.5 Å². The molecular formula is C46H57N8O6P3. The molecule has 1 unspecified atom stereocenters. The summed E-state index contributed by atoms with van der Waals surface area (Å²) in [6.45, 7) is 1.73. The van der Waals surface area contributed by atoms with Gasteiger partial charge in [0.15, 0.2) is 0 Å². The molecular weight excluding hydrogens is 853 g/mol. The Balaban J connectivity index is 1.64. The average Bonchev–Trinajstić information content (AvgIpc) is 3.29. The van der Waals surface area contributed by atoms with Gasteiger partial charge in [0.1, 0.15) is 0 Å². The molecule has 0 radical (unpaired) electrons. The normalized spacial score (nSPS) is 16.2. The minimum absolute atomic E-state index is 0.338. The fourth-order valence-corrected chi connectivity index (χ4v) is 16.6. The number of rotatable bonds is 22. The van der Waals surface area contributed by atoms with Crippen molar-refractivity contribution in [2.75, 3.05) is 32.7 Å². The van der Waals surface area contributed by atoms with Crippen molar-refractivity contribution in [2.45, 2.75) is 32.1 Å². The first-order valence-electron chi connectivity index (χ1n) is 21.0. The van der Waals surface area contributed by atoms with Crippen LogP contribution < -0.4 is 61.0 Å². The molecule has 63 heavy (non-hydrogen) atoms. The molecule has 0 aromatic heterocycles. The van der Waals surface area contributed by atoms with Crippen LogP contribution in [0.4, 0.5) is 0 Å². The topological polar surface area (TPSA) is 213 Å². The van der Waals surface area contributed by atoms with Crippen molar-refractivity contribution in [1.82, 2.24) is 9.46 Å². The van der Waals surface area contributed by atoms with Gasteiger partial charge in [-0.05, 0) is 0 Å². The van der Waals surface area contributed by atoms with Gasteiger partial charge in [0, 0.05) is 0 Å². The van der Waals surface area contributed by atoms with Gasteiger partial charge in [-0.3, -0.25) is 0 Å². The van der Waals surface area contributed by atoms with Crippen LogP contribution in [-0.2, 0) is 32.1 Å². The zero-order valence-electron chi connectivity index (χ0n) is 35.1. The first kappa shape index (κ1) is 45.9. The molecule has 0 spiro atoms. The molecule has 17 heteroatoms. The van der Waals surface area contributed by atoms with E-state index in [9.17, 15) is 0 Å². The summed E-state index contributed by atoms with van der Waals surface area (Å²) < 4.78 is 44.7. The van der Waals surface area contributed by atoms with E-state index < -0.39 is 24.1 Å². The van der Waals surface area contributed by atoms with Crippen molar-refractivity contribution in [3.05, 3.63) is 179 Å². The van der Waals surface area contributed by atoms with Crippen LogP contribution in [0.2, 0.25) is 0 Å². The molecule has 0 bridgehead atoms. The van der Waals surface area contributed by atoms with Crippen LogP contribution >= 0.6 is 24.1 Å². The quantitative estimate of drug-likeness (QED) is 0.0354. The zero-order valence-corrected chi connectivity index (χ0v) is 37.9. The molecule has 7 rings (SSSR count). The van der Waals surface area contributed by atoms with E-state index in [0.29, 0.717) is 99.3 Å². The molecule has 0 fully saturated rings. The van der Waals surface area contributed by atoms with E-state index in [0.717, 1.165) is 27.8 Å². The molecule has 0 saturated carbocycles. The van der Waals surface area contributed by atoms with E-state index in [-0.39, 0.29) is 0 Å². The number of hydrogen-bond donors (Lipinski definition) is 6. The van der Waals surface area contributed by atoms with Crippen LogP contribution in [-0.4, -0.2) is 37.3 Å². The number of hydrogen-bond acceptors (Lipinski definition) is 14. The molecule has 0 amide bonds. The fourth-order valence-electron chi connectivity index (χ4n) is 7.05. The molecule has 332 valence electrons. The van der Waals surface area contributed by atoms with Crippen molar-refractivity contribution >= 4 is 24.1 Å². The molecule has 1 heterocycles. The third kappa shape index (κ3) is 10.5. The number of para-hydroxylation sites is 6. The Morgan fingerprint density at radius 3 is 1.13 bits per heavy atom. The monoisotopic (exact) mass is 910 g/mol. The Kier molecular flexibility index (Phi) is 15.7. The number of nitrogens with two attached hydrogens (primary N) is 5. The van der Waals surface area contributed by atoms with Crippen molar-refractivity contribution in [1.29, 1.82) is 0 Å². The van der Waals surface area contributed by atoms with Crippen LogP contribution in [0.3, 0.4) is 0 Å². The van der Waals surface area contributed by atoms with Gasteiger partial charge in [-0.2, -0.15) is 0 Å². The second-order valence-electron chi connectivity index (χ2n) is 14.5. The van der Waals surface area contributed by atoms with Crippen LogP contribution in [0, 0.1) is 0 Å². The number of nitrogens with zero attached hydrogens (tertiary/aromatic N) is 2. The summed E-state index contributed by atoms with van der Waals surface area (Å²) in [4.78, 5) is 10.9. The van der Waals surface area contributed by atoms with Gasteiger partial charge < -0.3 is 0 Å². The van der Waals surface area contributed by atoms with Gasteiger partial charge in [-0.1, -0.05) is 0 Å². The Labute approximate surface area is 371 Å². The molecule has 14 nitrogen and oxygen atoms in total. The molecule has 6 aromatic carbocycles. The van der Waals surface area contributed by atoms with Crippen LogP contribution in [0.5, 0.6) is 34.5 Å². The average molecular weight is 911 g/mol. The van der Waals surface area contributed by atoms with E-state index in [4.69, 9.17) is 60.6 Å². The summed E-state index contributed by atoms with van der Waals surface area (Å²) >= 11 is 0. The van der Waals surface area contributed by atoms with E-state index in [2.05, 4.69) is 4.86 Å². The summed E-state index contributed by atoms with van der Waals surface area (Å²) in [5.41, 5.74) is 35.2. The van der Waals surface area contributed by atoms with E-state index in [1.807, 2.05) is 152 Å². The summed E-state index contributed by atoms with van der Waals surface area (Å²) in [7, 11) is -10.3. The van der Waals surface area contributed by atoms with Gasteiger partial charge in [-0.15, -0.1) is 0 Å². The predicted octanol–water partition coefficient (Wildman–Crippen LogP) is 8.37. The van der Waals surface area contributed by atoms with Crippen LogP contribution in [0.25, 0.3) is 0 Å². The summed E-state index contributed by atoms with van der Waals surface area (Å²) in [5.74, 6) is 2.57. The van der Waals surface area contributed by atoms with Gasteiger partial charge >= 0.3 is 373 Å². The standard InChI is InChI=1S/C46H57N8O6P3/c47-31-26-36-14-4-9-21-42(36)56-62(57-43-22-10-5-15-37(43)27-32-48)52-61-53-63(54(62)55-41-19-2-1-3-20-41,58-44-23-11-6-16-38(44)28-33-49,59-45-24-12-7-17-39(45)29-34-50)60-46-25-13-8-18-40(46)30-35-51/h1-25,53,61H,26-35,47-51H2. The van der Waals surface area contributed by atoms with Crippen LogP contribution in [0.1, 0.15) is 27.8 Å². The van der Waals surface area contributed by atoms with E-state index in [1.54, 1.807) is 0 Å². The Hall–Kier alpha value is -5.07. The molecule has 0 aliphatic carbocycles. The molecule has 1 aliphatic heterocycles. The minimum atomic E-state index is -5.61. The molecule has 11 N–H and O–H groups in total. The second-order valence-corrected chi connectivity index (χ2v) is 21.0. The first-order chi connectivity index (χ1) is 30.9. The molecule has 1 atom stereocenters. The Bertz CT molecular complexity index is 2300. The van der Waals surface area contributed by atoms with Crippen LogP contribution in [0.15, 0.2) is 156 Å². The van der Waals surface area contributed by atoms with Crippen molar-refractivity contribution in [2.24, 2.45) is 33.2 Å². The van der Waals surface area contributed by atoms with E-state index >= 15 is 0 Å². The Morgan fingerprint density at radius 1 is 0.444 bits per heavy atom. The number of nitrogens with one attached hydrogen (secondary N) is 1. The summed E-state index contributed by atoms with van der Waals surface area (Å²) in [6.07, 6.45) is 2.40. The summed E-state index contributed by atoms with van der Waals surface area (Å²) in [5, 5.41) is 0. The van der Waals surface area contributed by atoms with Crippen molar-refractivity contribution in [3.63, 3.8) is 0 Å². The molecule has 0 saturated heterocycles. The Morgan fingerprint density at radius 2 is 0.762 bits per heavy atom. The molecule has 1 aliphatic rings. The van der Waals surface area contributed by atoms with Crippen molar-refractivity contribution < 1.29 is 27.5 Å². The van der Waals surface area contributed by atoms with Gasteiger partial charge in [-0.25, -0.2) is 0 Å². The van der Waals surface area contributed by atoms with E-state index in [1.165, 1.54) is 4.60 Å². The van der Waals surface area contributed by atoms with Gasteiger partial charge in [0.2, 0.25) is 0 Å². The maximum absolute atomic E-state index is 7.69. The fraction of sp³-hybridized carbons (Fsp3) is 0.217. The zero-order chi connectivity index (χ0) is 44.0. The SMILES string of the molecule is NCCc1ccccc1OP1(Oc2ccccc2CCN)=NPNP(Oc2ccccc2CCN)(Oc2ccccc2CCN)(Oc2ccccc2CCN)N1Oc1ccccc1. The van der Waals surface area contributed by atoms with Gasteiger partial charge in [0.25, 0.3) is 0 Å². The van der Waals surface area contributed by atoms with Gasteiger partial charge in [0.05, 0.1) is 0 Å². The second kappa shape index (κ2) is 21.5. The first-order valence-corrected chi connectivity index (χ1v) is 25.4. The third-order valence-corrected chi connectivity index (χ3v) is 18.5. The molecule has 6 aromatic rings. The summed E-state index contributed by atoms with van der Waals surface area (Å²) in [6, 6.07) is 47.5. The maximum atomic E-state index is 7.69. The number of benzene rings is 6.